The molecule has 3 unspecified atom stereocenters. The molecule has 1 spiro atoms. The second-order valence-corrected chi connectivity index (χ2v) is 14.5. The number of carbonyl (C=O) groups is 3. The van der Waals surface area contributed by atoms with E-state index in [0.29, 0.717) is 24.2 Å². The number of benzene rings is 3. The number of anilines is 2. The molecule has 0 aliphatic carbocycles. The third kappa shape index (κ3) is 6.13. The smallest absolute Gasteiger partial charge is 0.253 e. The molecule has 3 aromatic carbocycles. The highest BCUT2D eigenvalue weighted by Gasteiger charge is 2.80. The molecule has 3 amide bonds. The van der Waals surface area contributed by atoms with Crippen molar-refractivity contribution < 1.29 is 24.2 Å². The normalized spacial score (nSPS) is 26.5. The van der Waals surface area contributed by atoms with Gasteiger partial charge in [0, 0.05) is 44.1 Å². The van der Waals surface area contributed by atoms with Crippen LogP contribution in [0.4, 0.5) is 11.4 Å². The van der Waals surface area contributed by atoms with E-state index in [9.17, 15) is 9.90 Å². The number of aliphatic hydroxyl groups excluding tert-OH is 1. The fourth-order valence-electron chi connectivity index (χ4n) is 9.12. The molecule has 6 rings (SSSR count). The van der Waals surface area contributed by atoms with Crippen LogP contribution in [0.5, 0.6) is 0 Å². The average molecular weight is 705 g/mol. The molecule has 3 heterocycles. The van der Waals surface area contributed by atoms with Crippen molar-refractivity contribution in [3.05, 3.63) is 121 Å². The van der Waals surface area contributed by atoms with Gasteiger partial charge < -0.3 is 29.4 Å². The lowest BCUT2D eigenvalue weighted by Crippen LogP contribution is -2.57. The summed E-state index contributed by atoms with van der Waals surface area (Å²) in [4.78, 5) is 52.7. The Labute approximate surface area is 308 Å². The molecular formula is C43H52N4O5. The van der Waals surface area contributed by atoms with Crippen LogP contribution in [0.1, 0.15) is 51.3 Å². The van der Waals surface area contributed by atoms with Gasteiger partial charge >= 0.3 is 0 Å². The first-order chi connectivity index (χ1) is 25.1. The molecule has 1 N–H and O–H groups in total. The Morgan fingerprint density at radius 1 is 0.923 bits per heavy atom. The van der Waals surface area contributed by atoms with Gasteiger partial charge in [-0.25, -0.2) is 0 Å². The highest BCUT2D eigenvalue weighted by molar-refractivity contribution is 6.05. The van der Waals surface area contributed by atoms with Crippen LogP contribution in [0.25, 0.3) is 0 Å². The minimum atomic E-state index is -1.31. The molecule has 9 nitrogen and oxygen atoms in total. The molecule has 274 valence electrons. The van der Waals surface area contributed by atoms with Crippen LogP contribution in [-0.4, -0.2) is 82.7 Å². The summed E-state index contributed by atoms with van der Waals surface area (Å²) in [7, 11) is 0. The van der Waals surface area contributed by atoms with Crippen LogP contribution < -0.4 is 9.80 Å². The number of likely N-dealkylation sites (tertiary alicyclic amines) is 1. The number of ether oxygens (including phenoxy) is 1. The molecule has 52 heavy (non-hydrogen) atoms. The first-order valence-corrected chi connectivity index (χ1v) is 18.5. The minimum absolute atomic E-state index is 0.145. The Balaban J connectivity index is 1.47. The topological polar surface area (TPSA) is 93.6 Å². The fraction of sp³-hybridized carbons (Fsp3) is 0.419. The van der Waals surface area contributed by atoms with Crippen molar-refractivity contribution >= 4 is 29.1 Å². The predicted molar refractivity (Wildman–Crippen MR) is 204 cm³/mol. The third-order valence-electron chi connectivity index (χ3n) is 11.7. The van der Waals surface area contributed by atoms with Gasteiger partial charge in [-0.1, -0.05) is 79.7 Å². The Kier molecular flexibility index (Phi) is 10.7. The molecule has 2 bridgehead atoms. The Morgan fingerprint density at radius 2 is 1.52 bits per heavy atom. The lowest BCUT2D eigenvalue weighted by Gasteiger charge is -2.39. The zero-order valence-electron chi connectivity index (χ0n) is 30.9. The minimum Gasteiger partial charge on any atom is -0.394 e. The number of fused-ring (bicyclic) bond motifs is 1. The van der Waals surface area contributed by atoms with Gasteiger partial charge in [-0.15, -0.1) is 13.2 Å². The molecule has 9 heteroatoms. The van der Waals surface area contributed by atoms with Gasteiger partial charge in [0.1, 0.15) is 11.6 Å². The first kappa shape index (κ1) is 37.0. The Morgan fingerprint density at radius 3 is 2.10 bits per heavy atom. The molecule has 3 aromatic rings. The number of hydrogen-bond acceptors (Lipinski definition) is 6. The van der Waals surface area contributed by atoms with Crippen LogP contribution in [0.3, 0.4) is 0 Å². The summed E-state index contributed by atoms with van der Waals surface area (Å²) >= 11 is 0. The van der Waals surface area contributed by atoms with E-state index >= 15 is 9.59 Å². The summed E-state index contributed by atoms with van der Waals surface area (Å²) in [5, 5.41) is 11.0. The summed E-state index contributed by atoms with van der Waals surface area (Å²) in [6.45, 7) is 18.2. The number of amides is 3. The summed E-state index contributed by atoms with van der Waals surface area (Å²) in [5.41, 5.74) is 1.04. The molecule has 3 aliphatic heterocycles. The van der Waals surface area contributed by atoms with Crippen molar-refractivity contribution in [1.29, 1.82) is 0 Å². The van der Waals surface area contributed by atoms with Gasteiger partial charge in [-0.3, -0.25) is 14.4 Å². The highest BCUT2D eigenvalue weighted by atomic mass is 16.5. The van der Waals surface area contributed by atoms with Crippen molar-refractivity contribution in [3.63, 3.8) is 0 Å². The SMILES string of the molecule is C=CCN(Cc1ccccc1)C(=O)[C@@H]1[C@H]2C(=O)N([C@H](CO)c3ccccc3)C(C(=O)N(CC=C)c3ccc(N(CC)CC)cc3)C23CC(C)[C@@]1(C)O3. The van der Waals surface area contributed by atoms with Gasteiger partial charge in [-0.05, 0) is 68.5 Å². The Bertz CT molecular complexity index is 1760. The first-order valence-electron chi connectivity index (χ1n) is 18.5. The van der Waals surface area contributed by atoms with Gasteiger partial charge in [0.2, 0.25) is 11.8 Å². The maximum atomic E-state index is 15.4. The predicted octanol–water partition coefficient (Wildman–Crippen LogP) is 6.01. The zero-order valence-corrected chi connectivity index (χ0v) is 30.9. The van der Waals surface area contributed by atoms with Crippen LogP contribution in [0, 0.1) is 17.8 Å². The van der Waals surface area contributed by atoms with Crippen LogP contribution in [0.2, 0.25) is 0 Å². The van der Waals surface area contributed by atoms with E-state index in [-0.39, 0.29) is 36.7 Å². The third-order valence-corrected chi connectivity index (χ3v) is 11.7. The van der Waals surface area contributed by atoms with Gasteiger partial charge in [0.25, 0.3) is 5.91 Å². The lowest BCUT2D eigenvalue weighted by molar-refractivity contribution is -0.154. The van der Waals surface area contributed by atoms with Crippen LogP contribution in [0.15, 0.2) is 110 Å². The number of nitrogens with zero attached hydrogens (tertiary/aromatic N) is 4. The van der Waals surface area contributed by atoms with Crippen molar-refractivity contribution in [3.8, 4) is 0 Å². The maximum absolute atomic E-state index is 15.4. The zero-order chi connectivity index (χ0) is 37.2. The average Bonchev–Trinajstić information content (AvgIpc) is 3.68. The van der Waals surface area contributed by atoms with Crippen LogP contribution >= 0.6 is 0 Å². The summed E-state index contributed by atoms with van der Waals surface area (Å²) < 4.78 is 7.11. The van der Waals surface area contributed by atoms with Crippen molar-refractivity contribution in [2.24, 2.45) is 17.8 Å². The largest absolute Gasteiger partial charge is 0.394 e. The highest BCUT2D eigenvalue weighted by Crippen LogP contribution is 2.66. The van der Waals surface area contributed by atoms with Crippen molar-refractivity contribution in [1.82, 2.24) is 9.80 Å². The number of carbonyl (C=O) groups excluding carboxylic acids is 3. The van der Waals surface area contributed by atoms with E-state index in [1.54, 1.807) is 22.0 Å². The number of hydrogen-bond donors (Lipinski definition) is 1. The van der Waals surface area contributed by atoms with E-state index in [4.69, 9.17) is 4.74 Å². The number of rotatable bonds is 15. The summed E-state index contributed by atoms with van der Waals surface area (Å²) in [6.07, 6.45) is 3.78. The molecule has 3 saturated heterocycles. The van der Waals surface area contributed by atoms with E-state index < -0.39 is 41.7 Å². The number of aliphatic hydroxyl groups is 1. The molecular weight excluding hydrogens is 652 g/mol. The van der Waals surface area contributed by atoms with Crippen molar-refractivity contribution in [2.75, 3.05) is 42.6 Å². The van der Waals surface area contributed by atoms with E-state index in [1.807, 2.05) is 98.8 Å². The molecule has 3 aliphatic rings. The van der Waals surface area contributed by atoms with E-state index in [1.165, 1.54) is 4.90 Å². The van der Waals surface area contributed by atoms with Gasteiger partial charge in [-0.2, -0.15) is 0 Å². The lowest BCUT2D eigenvalue weighted by atomic mass is 9.62. The second-order valence-electron chi connectivity index (χ2n) is 14.5. The quantitative estimate of drug-likeness (QED) is 0.195. The second kappa shape index (κ2) is 15.1. The van der Waals surface area contributed by atoms with E-state index in [0.717, 1.165) is 24.3 Å². The fourth-order valence-corrected chi connectivity index (χ4v) is 9.12. The molecule has 7 atom stereocenters. The van der Waals surface area contributed by atoms with Gasteiger partial charge in [0.05, 0.1) is 30.1 Å². The molecule has 3 fully saturated rings. The van der Waals surface area contributed by atoms with Crippen LogP contribution in [-0.2, 0) is 25.7 Å². The van der Waals surface area contributed by atoms with Crippen molar-refractivity contribution in [2.45, 2.75) is 63.9 Å². The monoisotopic (exact) mass is 704 g/mol. The summed E-state index contributed by atoms with van der Waals surface area (Å²) in [6, 6.07) is 24.9. The molecule has 0 radical (unpaired) electrons. The Hall–Kier alpha value is -4.73. The van der Waals surface area contributed by atoms with Gasteiger partial charge in [0.15, 0.2) is 0 Å². The maximum Gasteiger partial charge on any atom is 0.253 e. The molecule has 0 saturated carbocycles. The van der Waals surface area contributed by atoms with E-state index in [2.05, 4.69) is 31.9 Å². The standard InChI is InChI=1S/C43H52N4O5/c1-7-25-45(28-31-17-13-11-14-18-31)39(49)36-37-40(50)47(35(29-48)32-19-15-12-16-20-32)38(43(37)27-30(5)42(36,6)52-43)41(51)46(26-8-2)34-23-21-33(22-24-34)44(9-3)10-4/h7-8,11-24,30,35-38,48H,1-2,9-10,25-29H2,3-6H3/t30?,35-,36+,37+,38?,42-,43?/m1/s1. The summed E-state index contributed by atoms with van der Waals surface area (Å²) in [5.74, 6) is -2.84. The molecule has 0 aromatic heterocycles.